The summed E-state index contributed by atoms with van der Waals surface area (Å²) in [6.45, 7) is 1.33. The number of alkyl halides is 3. The molecular formula is C10H9F3N2O2S. The minimum atomic E-state index is -4.96. The third kappa shape index (κ3) is 1.91. The van der Waals surface area contributed by atoms with E-state index in [0.29, 0.717) is 0 Å². The number of rotatable bonds is 1. The number of aliphatic hydroxyl groups is 1. The number of nitrogens with zero attached hydrogens (tertiary/aromatic N) is 2. The van der Waals surface area contributed by atoms with Crippen LogP contribution in [0.15, 0.2) is 22.6 Å². The lowest BCUT2D eigenvalue weighted by atomic mass is 10.1. The molecule has 8 heteroatoms. The molecule has 1 aromatic heterocycles. The predicted octanol–water partition coefficient (Wildman–Crippen LogP) is 2.22. The zero-order valence-corrected chi connectivity index (χ0v) is 10.0. The molecule has 0 unspecified atom stereocenters. The Morgan fingerprint density at radius 3 is 2.78 bits per heavy atom. The first-order chi connectivity index (χ1) is 8.25. The Labute approximate surface area is 104 Å². The first-order valence-electron chi connectivity index (χ1n) is 4.97. The molecule has 2 rings (SSSR count). The average molecular weight is 278 g/mol. The zero-order valence-electron chi connectivity index (χ0n) is 9.23. The molecule has 0 spiro atoms. The summed E-state index contributed by atoms with van der Waals surface area (Å²) in [5.41, 5.74) is -3.20. The molecule has 0 saturated carbocycles. The van der Waals surface area contributed by atoms with Gasteiger partial charge in [-0.15, -0.1) is 11.3 Å². The van der Waals surface area contributed by atoms with Gasteiger partial charge in [-0.05, 0) is 18.4 Å². The fourth-order valence-electron chi connectivity index (χ4n) is 1.66. The fraction of sp³-hybridized carbons (Fsp3) is 0.400. The molecule has 0 aliphatic carbocycles. The van der Waals surface area contributed by atoms with E-state index >= 15 is 0 Å². The van der Waals surface area contributed by atoms with Gasteiger partial charge in [0, 0.05) is 12.1 Å². The van der Waals surface area contributed by atoms with Crippen molar-refractivity contribution in [2.45, 2.75) is 25.2 Å². The average Bonchev–Trinajstić information content (AvgIpc) is 2.84. The highest BCUT2D eigenvalue weighted by Crippen LogP contribution is 2.41. The molecule has 0 fully saturated rings. The molecule has 1 aromatic rings. The van der Waals surface area contributed by atoms with Crippen LogP contribution in [0.2, 0.25) is 0 Å². The maximum Gasteiger partial charge on any atom is 0.438 e. The Kier molecular flexibility index (Phi) is 2.94. The molecule has 0 saturated heterocycles. The lowest BCUT2D eigenvalue weighted by Gasteiger charge is -2.32. The number of hydrogen-bond donors (Lipinski definition) is 1. The summed E-state index contributed by atoms with van der Waals surface area (Å²) in [5, 5.41) is 14.9. The van der Waals surface area contributed by atoms with Crippen molar-refractivity contribution in [1.29, 1.82) is 0 Å². The molecule has 0 bridgehead atoms. The van der Waals surface area contributed by atoms with Crippen molar-refractivity contribution >= 4 is 23.0 Å². The lowest BCUT2D eigenvalue weighted by Crippen LogP contribution is -2.56. The quantitative estimate of drug-likeness (QED) is 0.856. The van der Waals surface area contributed by atoms with E-state index in [1.807, 2.05) is 0 Å². The summed E-state index contributed by atoms with van der Waals surface area (Å²) in [5.74, 6) is -0.957. The van der Waals surface area contributed by atoms with Gasteiger partial charge in [-0.25, -0.2) is 0 Å². The van der Waals surface area contributed by atoms with Crippen LogP contribution in [0.3, 0.4) is 0 Å². The standard InChI is InChI=1S/C10H9F3N2O2S/c1-6-5-9(17,10(11,12)13)15(14-6)8(16)7-3-2-4-18-7/h2-4,17H,5H2,1H3/t9-/m0/s1. The Balaban J connectivity index is 2.39. The van der Waals surface area contributed by atoms with Crippen LogP contribution < -0.4 is 0 Å². The molecule has 18 heavy (non-hydrogen) atoms. The molecular weight excluding hydrogens is 269 g/mol. The number of thiophene rings is 1. The van der Waals surface area contributed by atoms with Crippen LogP contribution in [0.1, 0.15) is 23.0 Å². The zero-order chi connectivity index (χ0) is 13.6. The van der Waals surface area contributed by atoms with Crippen molar-refractivity contribution < 1.29 is 23.1 Å². The normalized spacial score (nSPS) is 24.3. The molecule has 1 atom stereocenters. The number of halogens is 3. The molecule has 1 N–H and O–H groups in total. The van der Waals surface area contributed by atoms with Crippen LogP contribution in [0.5, 0.6) is 0 Å². The van der Waals surface area contributed by atoms with E-state index in [-0.39, 0.29) is 15.6 Å². The van der Waals surface area contributed by atoms with Crippen LogP contribution in [0, 0.1) is 0 Å². The number of amides is 1. The molecule has 0 aromatic carbocycles. The maximum atomic E-state index is 12.9. The second-order valence-electron chi connectivity index (χ2n) is 3.92. The number of carbonyl (C=O) groups excluding carboxylic acids is 1. The molecule has 1 aliphatic heterocycles. The monoisotopic (exact) mass is 278 g/mol. The smallest absolute Gasteiger partial charge is 0.362 e. The molecule has 2 heterocycles. The van der Waals surface area contributed by atoms with E-state index in [1.165, 1.54) is 19.1 Å². The fourth-order valence-corrected chi connectivity index (χ4v) is 2.31. The van der Waals surface area contributed by atoms with Gasteiger partial charge in [-0.3, -0.25) is 4.79 Å². The highest BCUT2D eigenvalue weighted by molar-refractivity contribution is 7.12. The Morgan fingerprint density at radius 2 is 2.28 bits per heavy atom. The summed E-state index contributed by atoms with van der Waals surface area (Å²) in [6.07, 6.45) is -5.69. The predicted molar refractivity (Wildman–Crippen MR) is 59.2 cm³/mol. The Hall–Kier alpha value is -1.41. The molecule has 0 radical (unpaired) electrons. The van der Waals surface area contributed by atoms with Crippen LogP contribution in [0.4, 0.5) is 13.2 Å². The summed E-state index contributed by atoms with van der Waals surface area (Å²) in [4.78, 5) is 12.0. The van der Waals surface area contributed by atoms with Gasteiger partial charge in [0.05, 0.1) is 4.88 Å². The van der Waals surface area contributed by atoms with Crippen LogP contribution >= 0.6 is 11.3 Å². The van der Waals surface area contributed by atoms with Crippen molar-refractivity contribution in [2.75, 3.05) is 0 Å². The number of hydrogen-bond acceptors (Lipinski definition) is 4. The Bertz CT molecular complexity index is 498. The van der Waals surface area contributed by atoms with E-state index in [0.717, 1.165) is 11.3 Å². The number of hydrazone groups is 1. The van der Waals surface area contributed by atoms with Gasteiger partial charge in [0.1, 0.15) is 0 Å². The second kappa shape index (κ2) is 4.06. The van der Waals surface area contributed by atoms with Gasteiger partial charge >= 0.3 is 6.18 Å². The Morgan fingerprint density at radius 1 is 1.61 bits per heavy atom. The third-order valence-electron chi connectivity index (χ3n) is 2.50. The summed E-state index contributed by atoms with van der Waals surface area (Å²) < 4.78 is 38.6. The molecule has 1 amide bonds. The summed E-state index contributed by atoms with van der Waals surface area (Å²) in [7, 11) is 0. The number of carbonyl (C=O) groups is 1. The molecule has 1 aliphatic rings. The third-order valence-corrected chi connectivity index (χ3v) is 3.36. The van der Waals surface area contributed by atoms with Gasteiger partial charge in [0.25, 0.3) is 11.6 Å². The van der Waals surface area contributed by atoms with E-state index in [2.05, 4.69) is 5.10 Å². The first kappa shape index (κ1) is 13.0. The van der Waals surface area contributed by atoms with Gasteiger partial charge in [-0.2, -0.15) is 23.3 Å². The summed E-state index contributed by atoms with van der Waals surface area (Å²) >= 11 is 0.992. The highest BCUT2D eigenvalue weighted by Gasteiger charge is 2.62. The van der Waals surface area contributed by atoms with Crippen molar-refractivity contribution in [3.8, 4) is 0 Å². The van der Waals surface area contributed by atoms with Gasteiger partial charge < -0.3 is 5.11 Å². The van der Waals surface area contributed by atoms with E-state index < -0.39 is 24.2 Å². The van der Waals surface area contributed by atoms with Gasteiger partial charge in [0.2, 0.25) is 0 Å². The van der Waals surface area contributed by atoms with Gasteiger partial charge in [-0.1, -0.05) is 6.07 Å². The van der Waals surface area contributed by atoms with E-state index in [9.17, 15) is 23.1 Å². The minimum Gasteiger partial charge on any atom is -0.362 e. The van der Waals surface area contributed by atoms with Crippen LogP contribution in [0.25, 0.3) is 0 Å². The van der Waals surface area contributed by atoms with Crippen LogP contribution in [-0.2, 0) is 0 Å². The lowest BCUT2D eigenvalue weighted by molar-refractivity contribution is -0.297. The topological polar surface area (TPSA) is 52.9 Å². The minimum absolute atomic E-state index is 0.0553. The molecule has 4 nitrogen and oxygen atoms in total. The van der Waals surface area contributed by atoms with Crippen LogP contribution in [-0.4, -0.2) is 33.6 Å². The van der Waals surface area contributed by atoms with Crippen molar-refractivity contribution in [3.05, 3.63) is 22.4 Å². The van der Waals surface area contributed by atoms with Crippen molar-refractivity contribution in [3.63, 3.8) is 0 Å². The van der Waals surface area contributed by atoms with Gasteiger partial charge in [0.15, 0.2) is 0 Å². The van der Waals surface area contributed by atoms with Crippen molar-refractivity contribution in [1.82, 2.24) is 5.01 Å². The van der Waals surface area contributed by atoms with E-state index in [1.54, 1.807) is 5.38 Å². The maximum absolute atomic E-state index is 12.9. The van der Waals surface area contributed by atoms with Crippen molar-refractivity contribution in [2.24, 2.45) is 5.10 Å². The summed E-state index contributed by atoms with van der Waals surface area (Å²) in [6, 6.07) is 2.92. The second-order valence-corrected chi connectivity index (χ2v) is 4.87. The van der Waals surface area contributed by atoms with E-state index in [4.69, 9.17) is 0 Å². The first-order valence-corrected chi connectivity index (χ1v) is 5.85. The SMILES string of the molecule is CC1=NN(C(=O)c2cccs2)[C@@](O)(C(F)(F)F)C1. The molecule has 98 valence electrons. The highest BCUT2D eigenvalue weighted by atomic mass is 32.1. The largest absolute Gasteiger partial charge is 0.438 e.